The van der Waals surface area contributed by atoms with Crippen molar-refractivity contribution in [2.75, 3.05) is 23.5 Å². The molecule has 0 saturated carbocycles. The van der Waals surface area contributed by atoms with E-state index in [1.54, 1.807) is 24.3 Å². The molecule has 7 heteroatoms. The molecule has 1 aliphatic rings. The van der Waals surface area contributed by atoms with Crippen LogP contribution in [0.3, 0.4) is 0 Å². The van der Waals surface area contributed by atoms with Crippen LogP contribution in [0.2, 0.25) is 0 Å². The Morgan fingerprint density at radius 2 is 2.00 bits per heavy atom. The molecule has 1 unspecified atom stereocenters. The molecule has 18 heavy (non-hydrogen) atoms. The quantitative estimate of drug-likeness (QED) is 0.484. The summed E-state index contributed by atoms with van der Waals surface area (Å²) >= 11 is 0. The summed E-state index contributed by atoms with van der Waals surface area (Å²) < 4.78 is 27.1. The van der Waals surface area contributed by atoms with Crippen molar-refractivity contribution in [1.82, 2.24) is 0 Å². The van der Waals surface area contributed by atoms with Crippen LogP contribution in [-0.4, -0.2) is 33.2 Å². The van der Waals surface area contributed by atoms with Crippen LogP contribution >= 0.6 is 0 Å². The van der Waals surface area contributed by atoms with Gasteiger partial charge in [0.15, 0.2) is 0 Å². The van der Waals surface area contributed by atoms with Crippen molar-refractivity contribution in [2.45, 2.75) is 12.5 Å². The van der Waals surface area contributed by atoms with Crippen molar-refractivity contribution in [3.05, 3.63) is 24.3 Å². The number of carbonyl (C=O) groups is 1. The minimum Gasteiger partial charge on any atom is -0.399 e. The van der Waals surface area contributed by atoms with Crippen LogP contribution in [0, 0.1) is 0 Å². The van der Waals surface area contributed by atoms with Crippen molar-refractivity contribution < 1.29 is 17.4 Å². The lowest BCUT2D eigenvalue weighted by atomic mass is 10.0. The highest BCUT2D eigenvalue weighted by Crippen LogP contribution is 2.29. The van der Waals surface area contributed by atoms with E-state index >= 15 is 0 Å². The molecule has 1 aromatic carbocycles. The van der Waals surface area contributed by atoms with Crippen LogP contribution < -0.4 is 10.6 Å². The third kappa shape index (κ3) is 2.46. The molecule has 98 valence electrons. The molecule has 1 saturated heterocycles. The summed E-state index contributed by atoms with van der Waals surface area (Å²) in [6, 6.07) is 6.36. The van der Waals surface area contributed by atoms with E-state index in [1.165, 1.54) is 4.90 Å². The van der Waals surface area contributed by atoms with E-state index in [2.05, 4.69) is 4.18 Å². The van der Waals surface area contributed by atoms with Gasteiger partial charge in [0.2, 0.25) is 5.91 Å². The molecule has 2 rings (SSSR count). The molecule has 6 nitrogen and oxygen atoms in total. The van der Waals surface area contributed by atoms with Gasteiger partial charge in [-0.25, -0.2) is 0 Å². The number of amides is 1. The zero-order valence-corrected chi connectivity index (χ0v) is 10.7. The van der Waals surface area contributed by atoms with Gasteiger partial charge in [-0.15, -0.1) is 0 Å². The maximum Gasteiger partial charge on any atom is 0.269 e. The molecular formula is C11H14N2O4S. The van der Waals surface area contributed by atoms with E-state index < -0.39 is 10.1 Å². The lowest BCUT2D eigenvalue weighted by molar-refractivity contribution is -0.123. The Labute approximate surface area is 105 Å². The molecular weight excluding hydrogens is 256 g/mol. The fourth-order valence-corrected chi connectivity index (χ4v) is 2.78. The van der Waals surface area contributed by atoms with Crippen LogP contribution in [0.25, 0.3) is 0 Å². The lowest BCUT2D eigenvalue weighted by Gasteiger charge is -2.39. The smallest absolute Gasteiger partial charge is 0.269 e. The average Bonchev–Trinajstić information content (AvgIpc) is 2.31. The minimum atomic E-state index is -3.57. The average molecular weight is 270 g/mol. The fourth-order valence-electron chi connectivity index (χ4n) is 1.91. The van der Waals surface area contributed by atoms with Gasteiger partial charge in [0.25, 0.3) is 10.1 Å². The second-order valence-electron chi connectivity index (χ2n) is 4.10. The number of nitrogens with two attached hydrogens (primary N) is 1. The summed E-state index contributed by atoms with van der Waals surface area (Å²) in [5.41, 5.74) is 6.80. The number of hydrogen-bond acceptors (Lipinski definition) is 5. The largest absolute Gasteiger partial charge is 0.399 e. The Morgan fingerprint density at radius 1 is 1.39 bits per heavy atom. The summed E-state index contributed by atoms with van der Waals surface area (Å²) in [4.78, 5) is 13.0. The number of nitrogens with zero attached hydrogens (tertiary/aromatic N) is 1. The Hall–Kier alpha value is -1.60. The second-order valence-corrected chi connectivity index (χ2v) is 5.89. The number of hydrogen-bond donors (Lipinski definition) is 1. The molecule has 1 heterocycles. The summed E-state index contributed by atoms with van der Waals surface area (Å²) in [5.74, 6) is -0.296. The van der Waals surface area contributed by atoms with Gasteiger partial charge in [0.1, 0.15) is 0 Å². The Balaban J connectivity index is 2.16. The number of nitrogen functional groups attached to an aromatic ring is 1. The van der Waals surface area contributed by atoms with E-state index in [-0.39, 0.29) is 24.1 Å². The number of carbonyl (C=O) groups excluding carboxylic acids is 1. The summed E-state index contributed by atoms with van der Waals surface area (Å²) in [7, 11) is -2.46. The molecule has 1 aliphatic heterocycles. The summed E-state index contributed by atoms with van der Waals surface area (Å²) in [5, 5.41) is 0. The number of rotatable bonds is 4. The van der Waals surface area contributed by atoms with E-state index in [4.69, 9.17) is 5.73 Å². The Bertz CT molecular complexity index is 553. The van der Waals surface area contributed by atoms with Crippen molar-refractivity contribution in [2.24, 2.45) is 0 Å². The Kier molecular flexibility index (Phi) is 3.27. The van der Waals surface area contributed by atoms with E-state index in [0.717, 1.165) is 7.11 Å². The maximum atomic E-state index is 11.6. The Morgan fingerprint density at radius 3 is 2.50 bits per heavy atom. The van der Waals surface area contributed by atoms with Gasteiger partial charge >= 0.3 is 0 Å². The van der Waals surface area contributed by atoms with E-state index in [0.29, 0.717) is 11.4 Å². The molecule has 0 radical (unpaired) electrons. The molecule has 1 amide bonds. The highest BCUT2D eigenvalue weighted by Gasteiger charge is 2.40. The number of β-lactam (4-membered cyclic amide) rings is 1. The third-order valence-corrected chi connectivity index (χ3v) is 4.17. The molecule has 0 aromatic heterocycles. The molecule has 0 aliphatic carbocycles. The van der Waals surface area contributed by atoms with E-state index in [9.17, 15) is 13.2 Å². The van der Waals surface area contributed by atoms with Gasteiger partial charge in [-0.3, -0.25) is 8.98 Å². The fraction of sp³-hybridized carbons (Fsp3) is 0.364. The molecule has 1 aromatic rings. The molecule has 0 spiro atoms. The number of benzene rings is 1. The van der Waals surface area contributed by atoms with Crippen LogP contribution in [-0.2, 0) is 19.1 Å². The topological polar surface area (TPSA) is 89.7 Å². The van der Waals surface area contributed by atoms with Gasteiger partial charge < -0.3 is 10.6 Å². The van der Waals surface area contributed by atoms with Gasteiger partial charge in [0, 0.05) is 17.8 Å². The minimum absolute atomic E-state index is 0.101. The van der Waals surface area contributed by atoms with E-state index in [1.807, 2.05) is 0 Å². The highest BCUT2D eigenvalue weighted by atomic mass is 32.2. The first-order chi connectivity index (χ1) is 8.43. The monoisotopic (exact) mass is 270 g/mol. The van der Waals surface area contributed by atoms with Gasteiger partial charge in [0.05, 0.1) is 18.9 Å². The first-order valence-electron chi connectivity index (χ1n) is 5.39. The van der Waals surface area contributed by atoms with Crippen LogP contribution in [0.5, 0.6) is 0 Å². The first kappa shape index (κ1) is 12.8. The lowest BCUT2D eigenvalue weighted by Crippen LogP contribution is -2.56. The van der Waals surface area contributed by atoms with Crippen molar-refractivity contribution in [3.8, 4) is 0 Å². The zero-order chi connectivity index (χ0) is 13.3. The van der Waals surface area contributed by atoms with Crippen LogP contribution in [0.15, 0.2) is 24.3 Å². The SMILES string of the molecule is COS(=O)(=O)CC1CC(=O)N1c1ccc(N)cc1. The van der Waals surface area contributed by atoms with Gasteiger partial charge in [-0.2, -0.15) is 8.42 Å². The standard InChI is InChI=1S/C11H14N2O4S/c1-17-18(15,16)7-10-6-11(14)13(10)9-4-2-8(12)3-5-9/h2-5,10H,6-7,12H2,1H3. The van der Waals surface area contributed by atoms with Gasteiger partial charge in [-0.05, 0) is 24.3 Å². The molecule has 1 fully saturated rings. The molecule has 0 bridgehead atoms. The summed E-state index contributed by atoms with van der Waals surface area (Å²) in [6.45, 7) is 0. The predicted molar refractivity (Wildman–Crippen MR) is 67.5 cm³/mol. The van der Waals surface area contributed by atoms with Gasteiger partial charge in [-0.1, -0.05) is 0 Å². The predicted octanol–water partition coefficient (Wildman–Crippen LogP) is 0.350. The second kappa shape index (κ2) is 4.58. The summed E-state index contributed by atoms with van der Waals surface area (Å²) in [6.07, 6.45) is 0.215. The third-order valence-electron chi connectivity index (χ3n) is 2.87. The van der Waals surface area contributed by atoms with Crippen LogP contribution in [0.1, 0.15) is 6.42 Å². The normalized spacial score (nSPS) is 19.7. The highest BCUT2D eigenvalue weighted by molar-refractivity contribution is 7.86. The van der Waals surface area contributed by atoms with Crippen LogP contribution in [0.4, 0.5) is 11.4 Å². The van der Waals surface area contributed by atoms with Crippen molar-refractivity contribution >= 4 is 27.4 Å². The maximum absolute atomic E-state index is 11.6. The zero-order valence-electron chi connectivity index (χ0n) is 9.87. The number of anilines is 2. The first-order valence-corrected chi connectivity index (χ1v) is 6.96. The van der Waals surface area contributed by atoms with Crippen molar-refractivity contribution in [3.63, 3.8) is 0 Å². The van der Waals surface area contributed by atoms with Crippen molar-refractivity contribution in [1.29, 1.82) is 0 Å². The molecule has 1 atom stereocenters. The molecule has 2 N–H and O–H groups in total.